The smallest absolute Gasteiger partial charge is 0.272 e. The van der Waals surface area contributed by atoms with Crippen LogP contribution in [0.1, 0.15) is 31.3 Å². The van der Waals surface area contributed by atoms with Crippen LogP contribution in [0.15, 0.2) is 18.5 Å². The summed E-state index contributed by atoms with van der Waals surface area (Å²) in [5.74, 6) is -0.283. The minimum atomic E-state index is -0.283. The molecular formula is C13H16Cl2N4O. The first-order valence-electron chi connectivity index (χ1n) is 6.07. The zero-order valence-corrected chi connectivity index (χ0v) is 13.2. The Balaban J connectivity index is 2.20. The normalized spacial score (nSPS) is 11.7. The van der Waals surface area contributed by atoms with E-state index in [1.807, 2.05) is 20.8 Å². The molecule has 0 saturated heterocycles. The fraction of sp³-hybridized carbons (Fsp3) is 0.385. The van der Waals surface area contributed by atoms with Crippen molar-refractivity contribution in [1.82, 2.24) is 14.3 Å². The van der Waals surface area contributed by atoms with E-state index >= 15 is 0 Å². The third-order valence-corrected chi connectivity index (χ3v) is 3.72. The Morgan fingerprint density at radius 3 is 2.45 bits per heavy atom. The standard InChI is InChI=1S/C13H16Cl2N4O/c1-13(2,3)19-7-8(6-16-19)17-12(20)10-5-9(14)11(15)18(10)4/h5-7H,1-4H3,(H,17,20). The van der Waals surface area contributed by atoms with Gasteiger partial charge in [-0.05, 0) is 26.8 Å². The molecule has 0 unspecified atom stereocenters. The largest absolute Gasteiger partial charge is 0.329 e. The van der Waals surface area contributed by atoms with Crippen LogP contribution in [0, 0.1) is 0 Å². The topological polar surface area (TPSA) is 51.9 Å². The van der Waals surface area contributed by atoms with Crippen LogP contribution in [0.4, 0.5) is 5.69 Å². The molecular weight excluding hydrogens is 299 g/mol. The first kappa shape index (κ1) is 14.9. The van der Waals surface area contributed by atoms with E-state index in [0.717, 1.165) is 0 Å². The Hall–Kier alpha value is -1.46. The van der Waals surface area contributed by atoms with Gasteiger partial charge in [-0.3, -0.25) is 9.48 Å². The van der Waals surface area contributed by atoms with Crippen molar-refractivity contribution in [3.63, 3.8) is 0 Å². The van der Waals surface area contributed by atoms with Gasteiger partial charge in [0.15, 0.2) is 0 Å². The second kappa shape index (κ2) is 5.14. The number of anilines is 1. The lowest BCUT2D eigenvalue weighted by Gasteiger charge is -2.18. The van der Waals surface area contributed by atoms with Crippen molar-refractivity contribution in [2.24, 2.45) is 7.05 Å². The molecule has 0 bridgehead atoms. The molecule has 2 heterocycles. The number of carbonyl (C=O) groups excluding carboxylic acids is 1. The molecule has 0 aromatic carbocycles. The number of halogens is 2. The molecule has 0 aliphatic rings. The van der Waals surface area contributed by atoms with E-state index in [1.165, 1.54) is 10.6 Å². The van der Waals surface area contributed by atoms with Gasteiger partial charge >= 0.3 is 0 Å². The zero-order valence-electron chi connectivity index (χ0n) is 11.7. The van der Waals surface area contributed by atoms with Gasteiger partial charge < -0.3 is 9.88 Å². The van der Waals surface area contributed by atoms with Crippen molar-refractivity contribution in [2.45, 2.75) is 26.3 Å². The highest BCUT2D eigenvalue weighted by Gasteiger charge is 2.18. The summed E-state index contributed by atoms with van der Waals surface area (Å²) in [4.78, 5) is 12.2. The van der Waals surface area contributed by atoms with Gasteiger partial charge in [-0.2, -0.15) is 5.10 Å². The predicted molar refractivity (Wildman–Crippen MR) is 80.6 cm³/mol. The minimum absolute atomic E-state index is 0.138. The third-order valence-electron chi connectivity index (χ3n) is 2.88. The highest BCUT2D eigenvalue weighted by Crippen LogP contribution is 2.25. The van der Waals surface area contributed by atoms with Gasteiger partial charge in [0.05, 0.1) is 22.4 Å². The Labute approximate surface area is 127 Å². The summed E-state index contributed by atoms with van der Waals surface area (Å²) in [5.41, 5.74) is 0.877. The SMILES string of the molecule is Cn1c(C(=O)Nc2cnn(C(C)(C)C)c2)cc(Cl)c1Cl. The average molecular weight is 315 g/mol. The summed E-state index contributed by atoms with van der Waals surface area (Å²) < 4.78 is 3.32. The Morgan fingerprint density at radius 2 is 2.00 bits per heavy atom. The van der Waals surface area contributed by atoms with Crippen molar-refractivity contribution in [3.8, 4) is 0 Å². The van der Waals surface area contributed by atoms with E-state index < -0.39 is 0 Å². The van der Waals surface area contributed by atoms with E-state index in [-0.39, 0.29) is 11.4 Å². The van der Waals surface area contributed by atoms with Gasteiger partial charge in [-0.15, -0.1) is 0 Å². The van der Waals surface area contributed by atoms with Crippen molar-refractivity contribution in [2.75, 3.05) is 5.32 Å². The predicted octanol–water partition coefficient (Wildman–Crippen LogP) is 3.54. The summed E-state index contributed by atoms with van der Waals surface area (Å²) in [6.45, 7) is 6.09. The van der Waals surface area contributed by atoms with E-state index in [2.05, 4.69) is 10.4 Å². The minimum Gasteiger partial charge on any atom is -0.329 e. The second-order valence-electron chi connectivity index (χ2n) is 5.53. The summed E-state index contributed by atoms with van der Waals surface area (Å²) in [7, 11) is 1.68. The molecule has 0 aliphatic heterocycles. The van der Waals surface area contributed by atoms with Crippen LogP contribution in [0.3, 0.4) is 0 Å². The number of hydrogen-bond donors (Lipinski definition) is 1. The molecule has 108 valence electrons. The molecule has 7 heteroatoms. The molecule has 0 atom stereocenters. The average Bonchev–Trinajstić information content (AvgIpc) is 2.90. The van der Waals surface area contributed by atoms with Gasteiger partial charge in [0.1, 0.15) is 10.8 Å². The molecule has 0 saturated carbocycles. The van der Waals surface area contributed by atoms with Gasteiger partial charge in [-0.1, -0.05) is 23.2 Å². The first-order chi connectivity index (χ1) is 9.20. The van der Waals surface area contributed by atoms with Crippen molar-refractivity contribution >= 4 is 34.8 Å². The van der Waals surface area contributed by atoms with Crippen molar-refractivity contribution in [3.05, 3.63) is 34.3 Å². The van der Waals surface area contributed by atoms with Crippen LogP contribution in [0.5, 0.6) is 0 Å². The van der Waals surface area contributed by atoms with Gasteiger partial charge in [0.25, 0.3) is 5.91 Å². The van der Waals surface area contributed by atoms with Crippen molar-refractivity contribution < 1.29 is 4.79 Å². The lowest BCUT2D eigenvalue weighted by atomic mass is 10.1. The first-order valence-corrected chi connectivity index (χ1v) is 6.83. The summed E-state index contributed by atoms with van der Waals surface area (Å²) in [6, 6.07) is 1.54. The molecule has 1 N–H and O–H groups in total. The number of rotatable bonds is 2. The van der Waals surface area contributed by atoms with Crippen LogP contribution in [0.25, 0.3) is 0 Å². The van der Waals surface area contributed by atoms with Gasteiger partial charge in [0.2, 0.25) is 0 Å². The molecule has 0 spiro atoms. The molecule has 20 heavy (non-hydrogen) atoms. The molecule has 2 rings (SSSR count). The fourth-order valence-corrected chi connectivity index (χ4v) is 2.09. The van der Waals surface area contributed by atoms with Crippen LogP contribution < -0.4 is 5.32 Å². The maximum absolute atomic E-state index is 12.2. The summed E-state index contributed by atoms with van der Waals surface area (Å²) in [5, 5.41) is 7.68. The number of amides is 1. The monoisotopic (exact) mass is 314 g/mol. The molecule has 2 aromatic heterocycles. The van der Waals surface area contributed by atoms with Crippen molar-refractivity contribution in [1.29, 1.82) is 0 Å². The van der Waals surface area contributed by atoms with E-state index in [1.54, 1.807) is 24.1 Å². The number of hydrogen-bond acceptors (Lipinski definition) is 2. The highest BCUT2D eigenvalue weighted by molar-refractivity contribution is 6.42. The number of nitrogens with zero attached hydrogens (tertiary/aromatic N) is 3. The van der Waals surface area contributed by atoms with Crippen LogP contribution >= 0.6 is 23.2 Å². The van der Waals surface area contributed by atoms with E-state index in [0.29, 0.717) is 21.6 Å². The number of nitrogens with one attached hydrogen (secondary N) is 1. The second-order valence-corrected chi connectivity index (χ2v) is 6.29. The fourth-order valence-electron chi connectivity index (χ4n) is 1.71. The van der Waals surface area contributed by atoms with Gasteiger partial charge in [-0.25, -0.2) is 0 Å². The maximum Gasteiger partial charge on any atom is 0.272 e. The quantitative estimate of drug-likeness (QED) is 0.921. The van der Waals surface area contributed by atoms with Crippen LogP contribution in [-0.2, 0) is 12.6 Å². The highest BCUT2D eigenvalue weighted by atomic mass is 35.5. The van der Waals surface area contributed by atoms with Crippen LogP contribution in [0.2, 0.25) is 10.2 Å². The lowest BCUT2D eigenvalue weighted by Crippen LogP contribution is -2.22. The zero-order chi connectivity index (χ0) is 15.1. The molecule has 0 fully saturated rings. The molecule has 2 aromatic rings. The third kappa shape index (κ3) is 2.83. The molecule has 0 radical (unpaired) electrons. The van der Waals surface area contributed by atoms with E-state index in [9.17, 15) is 4.79 Å². The Morgan fingerprint density at radius 1 is 1.35 bits per heavy atom. The molecule has 5 nitrogen and oxygen atoms in total. The summed E-state index contributed by atoms with van der Waals surface area (Å²) in [6.07, 6.45) is 3.39. The molecule has 1 amide bonds. The van der Waals surface area contributed by atoms with Crippen LogP contribution in [-0.4, -0.2) is 20.3 Å². The summed E-state index contributed by atoms with van der Waals surface area (Å²) >= 11 is 11.8. The Bertz CT molecular complexity index is 652. The molecule has 0 aliphatic carbocycles. The number of aromatic nitrogens is 3. The number of carbonyl (C=O) groups is 1. The Kier molecular flexibility index (Phi) is 3.84. The van der Waals surface area contributed by atoms with E-state index in [4.69, 9.17) is 23.2 Å². The van der Waals surface area contributed by atoms with Gasteiger partial charge in [0, 0.05) is 13.2 Å². The maximum atomic E-state index is 12.2. The lowest BCUT2D eigenvalue weighted by molar-refractivity contribution is 0.101.